The maximum atomic E-state index is 13.9. The number of amides is 1. The second-order valence-electron chi connectivity index (χ2n) is 8.77. The Morgan fingerprint density at radius 1 is 1.15 bits per heavy atom. The van der Waals surface area contributed by atoms with Crippen LogP contribution in [-0.2, 0) is 9.59 Å². The number of quaternary nitrogens is 1. The van der Waals surface area contributed by atoms with Crippen LogP contribution in [-0.4, -0.2) is 53.2 Å². The Balaban J connectivity index is 1.89. The number of nitrogens with zero attached hydrogens (tertiary/aromatic N) is 3. The van der Waals surface area contributed by atoms with E-state index in [4.69, 9.17) is 11.6 Å². The summed E-state index contributed by atoms with van der Waals surface area (Å²) in [5.74, 6) is -1.86. The normalized spacial score (nSPS) is 18.1. The minimum atomic E-state index is -0.762. The van der Waals surface area contributed by atoms with E-state index in [9.17, 15) is 14.7 Å². The van der Waals surface area contributed by atoms with Crippen molar-refractivity contribution in [1.82, 2.24) is 14.3 Å². The summed E-state index contributed by atoms with van der Waals surface area (Å²) in [5, 5.41) is 14.4. The minimum absolute atomic E-state index is 0.0362. The number of Topliss-reactive ketones (excluding diaryl/α,β-unsaturated/α-hetero) is 1. The number of carbonyl (C=O) groups excluding carboxylic acids is 2. The van der Waals surface area contributed by atoms with Crippen molar-refractivity contribution >= 4 is 34.7 Å². The van der Waals surface area contributed by atoms with E-state index in [1.54, 1.807) is 41.8 Å². The van der Waals surface area contributed by atoms with Crippen LogP contribution < -0.4 is 10.0 Å². The van der Waals surface area contributed by atoms with E-state index in [0.717, 1.165) is 12.1 Å². The zero-order valence-electron chi connectivity index (χ0n) is 19.2. The number of hydrogen-bond donors (Lipinski definition) is 1. The summed E-state index contributed by atoms with van der Waals surface area (Å²) in [6, 6.07) is 9.93. The van der Waals surface area contributed by atoms with E-state index in [2.05, 4.69) is 4.98 Å². The van der Waals surface area contributed by atoms with E-state index in [1.807, 2.05) is 33.2 Å². The third kappa shape index (κ3) is 4.14. The number of carbonyl (C=O) groups is 2. The number of hydrogen-bond acceptors (Lipinski definition) is 4. The quantitative estimate of drug-likeness (QED) is 0.338. The van der Waals surface area contributed by atoms with Gasteiger partial charge >= 0.3 is 0 Å². The third-order valence-electron chi connectivity index (χ3n) is 6.03. The summed E-state index contributed by atoms with van der Waals surface area (Å²) in [5.41, 5.74) is 3.05. The molecule has 1 amide bonds. The van der Waals surface area contributed by atoms with Crippen molar-refractivity contribution in [2.24, 2.45) is 0 Å². The summed E-state index contributed by atoms with van der Waals surface area (Å²) in [6.07, 6.45) is 2.47. The van der Waals surface area contributed by atoms with Crippen molar-refractivity contribution in [3.63, 3.8) is 0 Å². The van der Waals surface area contributed by atoms with Gasteiger partial charge in [0.15, 0.2) is 0 Å². The molecule has 33 heavy (non-hydrogen) atoms. The summed E-state index contributed by atoms with van der Waals surface area (Å²) in [4.78, 5) is 33.6. The Hall–Kier alpha value is -3.16. The van der Waals surface area contributed by atoms with Crippen LogP contribution in [0.15, 0.2) is 48.2 Å². The number of fused-ring (bicyclic) bond motifs is 1. The molecule has 8 heteroatoms. The highest BCUT2D eigenvalue weighted by molar-refractivity contribution is 6.46. The SMILES string of the molecule is Cc1nc2c(C)cccn2c1/C([O-])=C1\C(=O)C(=O)N(CCC[NH+](C)C)C1c1ccc(Cl)cc1. The smallest absolute Gasteiger partial charge is 0.295 e. The molecule has 0 spiro atoms. The highest BCUT2D eigenvalue weighted by atomic mass is 35.5. The third-order valence-corrected chi connectivity index (χ3v) is 6.28. The van der Waals surface area contributed by atoms with Gasteiger partial charge in [-0.2, -0.15) is 0 Å². The van der Waals surface area contributed by atoms with Crippen LogP contribution >= 0.6 is 11.6 Å². The van der Waals surface area contributed by atoms with Crippen molar-refractivity contribution in [2.45, 2.75) is 26.3 Å². The van der Waals surface area contributed by atoms with Crippen LogP contribution in [0.3, 0.4) is 0 Å². The number of nitrogens with one attached hydrogen (secondary N) is 1. The van der Waals surface area contributed by atoms with Gasteiger partial charge in [-0.05, 0) is 43.2 Å². The largest absolute Gasteiger partial charge is 0.871 e. The van der Waals surface area contributed by atoms with Gasteiger partial charge in [0.05, 0.1) is 38.1 Å². The van der Waals surface area contributed by atoms with Gasteiger partial charge in [0.1, 0.15) is 5.65 Å². The molecule has 2 aromatic heterocycles. The lowest BCUT2D eigenvalue weighted by Gasteiger charge is -2.27. The second kappa shape index (κ2) is 9.00. The molecule has 7 nitrogen and oxygen atoms in total. The highest BCUT2D eigenvalue weighted by Crippen LogP contribution is 2.39. The number of benzene rings is 1. The lowest BCUT2D eigenvalue weighted by molar-refractivity contribution is -0.858. The first-order valence-electron chi connectivity index (χ1n) is 11.0. The van der Waals surface area contributed by atoms with Crippen molar-refractivity contribution < 1.29 is 19.6 Å². The molecule has 0 aliphatic carbocycles. The van der Waals surface area contributed by atoms with Gasteiger partial charge in [0, 0.05) is 29.8 Å². The number of aromatic nitrogens is 2. The average molecular weight is 467 g/mol. The van der Waals surface area contributed by atoms with Crippen molar-refractivity contribution in [1.29, 1.82) is 0 Å². The van der Waals surface area contributed by atoms with Gasteiger partial charge in [-0.15, -0.1) is 0 Å². The number of pyridine rings is 1. The van der Waals surface area contributed by atoms with Crippen LogP contribution in [0.25, 0.3) is 11.4 Å². The Bertz CT molecular complexity index is 1260. The predicted molar refractivity (Wildman–Crippen MR) is 125 cm³/mol. The van der Waals surface area contributed by atoms with Gasteiger partial charge < -0.3 is 19.3 Å². The molecular formula is C25H27ClN4O3. The molecule has 1 fully saturated rings. The zero-order valence-corrected chi connectivity index (χ0v) is 19.9. The topological polar surface area (TPSA) is 82.2 Å². The number of likely N-dealkylation sites (tertiary alicyclic amines) is 1. The fourth-order valence-corrected chi connectivity index (χ4v) is 4.54. The first-order chi connectivity index (χ1) is 15.7. The maximum Gasteiger partial charge on any atom is 0.295 e. The van der Waals surface area contributed by atoms with Gasteiger partial charge in [-0.1, -0.05) is 35.6 Å². The standard InChI is InChI=1S/C25H27ClN4O3/c1-15-7-5-13-29-20(16(2)27-24(15)29)22(31)19-21(17-8-10-18(26)11-9-17)30(25(33)23(19)32)14-6-12-28(3)4/h5,7-11,13,21,31H,6,12,14H2,1-4H3/b22-19+. The van der Waals surface area contributed by atoms with Crippen molar-refractivity contribution in [3.05, 3.63) is 75.7 Å². The van der Waals surface area contributed by atoms with Gasteiger partial charge in [-0.3, -0.25) is 9.59 Å². The predicted octanol–water partition coefficient (Wildman–Crippen LogP) is 1.36. The molecule has 3 heterocycles. The number of ketones is 1. The Morgan fingerprint density at radius 2 is 1.85 bits per heavy atom. The summed E-state index contributed by atoms with van der Waals surface area (Å²) >= 11 is 6.08. The first kappa shape index (κ1) is 23.0. The molecular weight excluding hydrogens is 440 g/mol. The molecule has 3 aromatic rings. The monoisotopic (exact) mass is 466 g/mol. The summed E-state index contributed by atoms with van der Waals surface area (Å²) < 4.78 is 1.70. The van der Waals surface area contributed by atoms with E-state index >= 15 is 0 Å². The highest BCUT2D eigenvalue weighted by Gasteiger charge is 2.44. The van der Waals surface area contributed by atoms with E-state index in [1.165, 1.54) is 9.80 Å². The molecule has 1 aliphatic rings. The van der Waals surface area contributed by atoms with Crippen LogP contribution in [0.1, 0.15) is 35.0 Å². The lowest BCUT2D eigenvalue weighted by atomic mass is 9.96. The number of aryl methyl sites for hydroxylation is 2. The molecule has 0 bridgehead atoms. The van der Waals surface area contributed by atoms with Crippen LogP contribution in [0.5, 0.6) is 0 Å². The van der Waals surface area contributed by atoms with Gasteiger partial charge in [0.2, 0.25) is 5.78 Å². The van der Waals surface area contributed by atoms with Crippen LogP contribution in [0.2, 0.25) is 5.02 Å². The molecule has 1 saturated heterocycles. The molecule has 1 N–H and O–H groups in total. The van der Waals surface area contributed by atoms with Gasteiger partial charge in [-0.25, -0.2) is 4.98 Å². The molecule has 172 valence electrons. The fourth-order valence-electron chi connectivity index (χ4n) is 4.41. The molecule has 1 aromatic carbocycles. The van der Waals surface area contributed by atoms with E-state index in [0.29, 0.717) is 40.6 Å². The maximum absolute atomic E-state index is 13.9. The number of rotatable bonds is 6. The second-order valence-corrected chi connectivity index (χ2v) is 9.20. The number of halogens is 1. The lowest BCUT2D eigenvalue weighted by Crippen LogP contribution is -3.05. The Labute approximate surface area is 197 Å². The van der Waals surface area contributed by atoms with Crippen LogP contribution in [0.4, 0.5) is 0 Å². The molecule has 1 atom stereocenters. The zero-order chi connectivity index (χ0) is 23.9. The average Bonchev–Trinajstić information content (AvgIpc) is 3.23. The number of imidazole rings is 1. The minimum Gasteiger partial charge on any atom is -0.871 e. The molecule has 1 unspecified atom stereocenters. The van der Waals surface area contributed by atoms with E-state index < -0.39 is 23.5 Å². The molecule has 4 rings (SSSR count). The van der Waals surface area contributed by atoms with E-state index in [-0.39, 0.29) is 5.57 Å². The molecule has 0 radical (unpaired) electrons. The van der Waals surface area contributed by atoms with Crippen molar-refractivity contribution in [3.8, 4) is 0 Å². The van der Waals surface area contributed by atoms with Crippen LogP contribution in [0, 0.1) is 13.8 Å². The Morgan fingerprint density at radius 3 is 2.52 bits per heavy atom. The Kier molecular flexibility index (Phi) is 6.28. The molecule has 1 aliphatic heterocycles. The van der Waals surface area contributed by atoms with Gasteiger partial charge in [0.25, 0.3) is 5.91 Å². The summed E-state index contributed by atoms with van der Waals surface area (Å²) in [7, 11) is 4.06. The van der Waals surface area contributed by atoms with Crippen molar-refractivity contribution in [2.75, 3.05) is 27.2 Å². The first-order valence-corrected chi connectivity index (χ1v) is 11.3. The fraction of sp³-hybridized carbons (Fsp3) is 0.320. The summed E-state index contributed by atoms with van der Waals surface area (Å²) in [6.45, 7) is 4.88. The molecule has 0 saturated carbocycles.